The van der Waals surface area contributed by atoms with Gasteiger partial charge >= 0.3 is 0 Å². The summed E-state index contributed by atoms with van der Waals surface area (Å²) in [7, 11) is -0.800. The van der Waals surface area contributed by atoms with Crippen molar-refractivity contribution in [2.45, 2.75) is 25.4 Å². The van der Waals surface area contributed by atoms with E-state index in [-0.39, 0.29) is 11.9 Å². The average molecular weight is 320 g/mol. The van der Waals surface area contributed by atoms with E-state index in [1.807, 2.05) is 0 Å². The molecule has 1 fully saturated rings. The van der Waals surface area contributed by atoms with E-state index in [0.29, 0.717) is 11.8 Å². The Balaban J connectivity index is 2.27. The molecule has 2 rings (SSSR count). The lowest BCUT2D eigenvalue weighted by Gasteiger charge is -2.20. The molecule has 5 heteroatoms. The minimum Gasteiger partial charge on any atom is -0.307 e. The van der Waals surface area contributed by atoms with Gasteiger partial charge in [-0.15, -0.1) is 0 Å². The van der Waals surface area contributed by atoms with Crippen molar-refractivity contribution in [3.63, 3.8) is 0 Å². The van der Waals surface area contributed by atoms with E-state index in [9.17, 15) is 8.60 Å². The maximum absolute atomic E-state index is 13.0. The van der Waals surface area contributed by atoms with Crippen LogP contribution in [0.15, 0.2) is 22.7 Å². The van der Waals surface area contributed by atoms with Crippen LogP contribution in [0.1, 0.15) is 24.9 Å². The lowest BCUT2D eigenvalue weighted by molar-refractivity contribution is 0.483. The summed E-state index contributed by atoms with van der Waals surface area (Å²) in [6.07, 6.45) is 0.919. The van der Waals surface area contributed by atoms with Gasteiger partial charge in [-0.3, -0.25) is 4.21 Å². The molecular formula is C12H15BrFNOS. The first-order chi connectivity index (χ1) is 8.06. The van der Waals surface area contributed by atoms with Crippen molar-refractivity contribution >= 4 is 26.7 Å². The van der Waals surface area contributed by atoms with Gasteiger partial charge in [-0.1, -0.05) is 22.0 Å². The van der Waals surface area contributed by atoms with Gasteiger partial charge < -0.3 is 5.32 Å². The van der Waals surface area contributed by atoms with Crippen molar-refractivity contribution in [1.82, 2.24) is 5.32 Å². The smallest absolute Gasteiger partial charge is 0.124 e. The molecule has 94 valence electrons. The Morgan fingerprint density at radius 2 is 2.29 bits per heavy atom. The zero-order valence-corrected chi connectivity index (χ0v) is 12.0. The Labute approximate surface area is 112 Å². The monoisotopic (exact) mass is 319 g/mol. The molecule has 1 N–H and O–H groups in total. The molecule has 1 aromatic rings. The van der Waals surface area contributed by atoms with Gasteiger partial charge in [0.05, 0.1) is 0 Å². The molecule has 0 bridgehead atoms. The quantitative estimate of drug-likeness (QED) is 0.862. The zero-order chi connectivity index (χ0) is 12.4. The van der Waals surface area contributed by atoms with E-state index < -0.39 is 10.8 Å². The van der Waals surface area contributed by atoms with Crippen molar-refractivity contribution < 1.29 is 8.60 Å². The molecule has 0 aromatic heterocycles. The molecule has 0 aliphatic carbocycles. The van der Waals surface area contributed by atoms with Crippen LogP contribution in [0, 0.1) is 5.82 Å². The fourth-order valence-electron chi connectivity index (χ4n) is 2.02. The molecule has 2 nitrogen and oxygen atoms in total. The molecule has 3 unspecified atom stereocenters. The van der Waals surface area contributed by atoms with Gasteiger partial charge in [0.2, 0.25) is 0 Å². The molecular weight excluding hydrogens is 305 g/mol. The molecule has 0 amide bonds. The maximum Gasteiger partial charge on any atom is 0.124 e. The number of hydrogen-bond acceptors (Lipinski definition) is 2. The Bertz CT molecular complexity index is 441. The second kappa shape index (κ2) is 5.59. The van der Waals surface area contributed by atoms with E-state index in [1.54, 1.807) is 6.07 Å². The average Bonchev–Trinajstić information content (AvgIpc) is 2.40. The van der Waals surface area contributed by atoms with Crippen molar-refractivity contribution in [2.24, 2.45) is 0 Å². The molecule has 0 radical (unpaired) electrons. The summed E-state index contributed by atoms with van der Waals surface area (Å²) < 4.78 is 25.5. The molecule has 1 aromatic carbocycles. The highest BCUT2D eigenvalue weighted by molar-refractivity contribution is 9.10. The second-order valence-electron chi connectivity index (χ2n) is 4.39. The molecule has 1 saturated heterocycles. The van der Waals surface area contributed by atoms with Crippen molar-refractivity contribution in [3.8, 4) is 0 Å². The summed E-state index contributed by atoms with van der Waals surface area (Å²) in [6, 6.07) is 5.02. The number of rotatable bonds is 1. The third kappa shape index (κ3) is 3.36. The van der Waals surface area contributed by atoms with E-state index in [2.05, 4.69) is 28.2 Å². The Hall–Kier alpha value is -0.260. The Morgan fingerprint density at radius 3 is 3.00 bits per heavy atom. The van der Waals surface area contributed by atoms with Gasteiger partial charge in [0.25, 0.3) is 0 Å². The largest absolute Gasteiger partial charge is 0.307 e. The number of benzene rings is 1. The highest BCUT2D eigenvalue weighted by Crippen LogP contribution is 2.27. The van der Waals surface area contributed by atoms with Gasteiger partial charge in [0.1, 0.15) is 5.82 Å². The lowest BCUT2D eigenvalue weighted by atomic mass is 10.1. The number of hydrogen-bond donors (Lipinski definition) is 1. The van der Waals surface area contributed by atoms with Crippen LogP contribution in [0.5, 0.6) is 0 Å². The van der Waals surface area contributed by atoms with Crippen LogP contribution < -0.4 is 5.32 Å². The van der Waals surface area contributed by atoms with Crippen LogP contribution in [-0.4, -0.2) is 21.8 Å². The first kappa shape index (κ1) is 13.2. The summed E-state index contributed by atoms with van der Waals surface area (Å²) in [5, 5.41) is 3.44. The van der Waals surface area contributed by atoms with Crippen LogP contribution in [-0.2, 0) is 10.8 Å². The molecule has 1 heterocycles. The van der Waals surface area contributed by atoms with Crippen molar-refractivity contribution in [1.29, 1.82) is 0 Å². The predicted octanol–water partition coefficient (Wildman–Crippen LogP) is 2.76. The minimum atomic E-state index is -0.800. The predicted molar refractivity (Wildman–Crippen MR) is 71.9 cm³/mol. The SMILES string of the molecule is CC1CCS(=O)CC(c2ccc(F)cc2Br)N1. The standard InChI is InChI=1S/C12H15BrFNOS/c1-8-4-5-17(16)7-12(15-8)10-3-2-9(14)6-11(10)13/h2-3,6,8,12,15H,4-5,7H2,1H3. The third-order valence-corrected chi connectivity index (χ3v) is 5.04. The molecule has 17 heavy (non-hydrogen) atoms. The van der Waals surface area contributed by atoms with E-state index in [0.717, 1.165) is 22.2 Å². The Kier molecular flexibility index (Phi) is 4.33. The van der Waals surface area contributed by atoms with E-state index in [4.69, 9.17) is 0 Å². The minimum absolute atomic E-state index is 0.0308. The van der Waals surface area contributed by atoms with Crippen LogP contribution in [0.2, 0.25) is 0 Å². The van der Waals surface area contributed by atoms with E-state index >= 15 is 0 Å². The van der Waals surface area contributed by atoms with Gasteiger partial charge in [0.15, 0.2) is 0 Å². The van der Waals surface area contributed by atoms with E-state index in [1.165, 1.54) is 12.1 Å². The van der Waals surface area contributed by atoms with Crippen molar-refractivity contribution in [2.75, 3.05) is 11.5 Å². The summed E-state index contributed by atoms with van der Waals surface area (Å²) in [6.45, 7) is 2.09. The summed E-state index contributed by atoms with van der Waals surface area (Å²) in [4.78, 5) is 0. The lowest BCUT2D eigenvalue weighted by Crippen LogP contribution is -2.30. The number of halogens is 2. The fourth-order valence-corrected chi connectivity index (χ4v) is 4.07. The maximum atomic E-state index is 13.0. The molecule has 1 aliphatic heterocycles. The number of nitrogens with one attached hydrogen (secondary N) is 1. The Morgan fingerprint density at radius 1 is 1.53 bits per heavy atom. The van der Waals surface area contributed by atoms with Crippen LogP contribution >= 0.6 is 15.9 Å². The van der Waals surface area contributed by atoms with Gasteiger partial charge in [-0.2, -0.15) is 0 Å². The molecule has 3 atom stereocenters. The topological polar surface area (TPSA) is 29.1 Å². The van der Waals surface area contributed by atoms with Crippen LogP contribution in [0.3, 0.4) is 0 Å². The highest BCUT2D eigenvalue weighted by Gasteiger charge is 2.23. The van der Waals surface area contributed by atoms with Crippen LogP contribution in [0.4, 0.5) is 4.39 Å². The first-order valence-electron chi connectivity index (χ1n) is 5.62. The molecule has 1 aliphatic rings. The highest BCUT2D eigenvalue weighted by atomic mass is 79.9. The molecule has 0 saturated carbocycles. The summed E-state index contributed by atoms with van der Waals surface area (Å²) in [5.41, 5.74) is 0.980. The summed E-state index contributed by atoms with van der Waals surface area (Å²) in [5.74, 6) is 1.07. The first-order valence-corrected chi connectivity index (χ1v) is 7.90. The zero-order valence-electron chi connectivity index (χ0n) is 9.58. The van der Waals surface area contributed by atoms with Gasteiger partial charge in [-0.05, 0) is 31.0 Å². The summed E-state index contributed by atoms with van der Waals surface area (Å²) >= 11 is 3.37. The second-order valence-corrected chi connectivity index (χ2v) is 6.86. The van der Waals surface area contributed by atoms with Crippen molar-refractivity contribution in [3.05, 3.63) is 34.1 Å². The normalized spacial score (nSPS) is 29.9. The van der Waals surface area contributed by atoms with Gasteiger partial charge in [-0.25, -0.2) is 4.39 Å². The third-order valence-electron chi connectivity index (χ3n) is 2.95. The molecule has 0 spiro atoms. The fraction of sp³-hybridized carbons (Fsp3) is 0.500. The van der Waals surface area contributed by atoms with Crippen LogP contribution in [0.25, 0.3) is 0 Å². The van der Waals surface area contributed by atoms with Gasteiger partial charge in [0, 0.05) is 38.9 Å².